The quantitative estimate of drug-likeness (QED) is 0.887. The van der Waals surface area contributed by atoms with Crippen LogP contribution in [-0.2, 0) is 16.1 Å². The molecule has 4 nitrogen and oxygen atoms in total. The topological polar surface area (TPSA) is 49.4 Å². The van der Waals surface area contributed by atoms with Crippen LogP contribution >= 0.6 is 0 Å². The van der Waals surface area contributed by atoms with Crippen LogP contribution in [0.5, 0.6) is 0 Å². The lowest BCUT2D eigenvalue weighted by molar-refractivity contribution is -0.197. The Morgan fingerprint density at radius 3 is 2.56 bits per heavy atom. The zero-order valence-electron chi connectivity index (χ0n) is 14.4. The van der Waals surface area contributed by atoms with Crippen molar-refractivity contribution in [3.63, 3.8) is 0 Å². The van der Waals surface area contributed by atoms with Gasteiger partial charge in [-0.05, 0) is 30.5 Å². The van der Waals surface area contributed by atoms with E-state index >= 15 is 0 Å². The van der Waals surface area contributed by atoms with Crippen LogP contribution in [0, 0.1) is 11.8 Å². The summed E-state index contributed by atoms with van der Waals surface area (Å²) >= 11 is 0. The van der Waals surface area contributed by atoms with E-state index in [-0.39, 0.29) is 18.7 Å². The Morgan fingerprint density at radius 1 is 1.24 bits per heavy atom. The van der Waals surface area contributed by atoms with Crippen molar-refractivity contribution in [2.45, 2.75) is 45.3 Å². The number of amides is 2. The van der Waals surface area contributed by atoms with Crippen LogP contribution in [0.3, 0.4) is 0 Å². The molecule has 1 aliphatic rings. The second-order valence-corrected chi connectivity index (χ2v) is 6.60. The smallest absolute Gasteiger partial charge is 0.342 e. The first-order chi connectivity index (χ1) is 11.7. The molecule has 1 saturated carbocycles. The van der Waals surface area contributed by atoms with Crippen LogP contribution in [0.25, 0.3) is 0 Å². The number of carbonyl (C=O) groups is 2. The van der Waals surface area contributed by atoms with E-state index in [1.165, 1.54) is 11.8 Å². The summed E-state index contributed by atoms with van der Waals surface area (Å²) in [7, 11) is 1.66. The number of rotatable bonds is 4. The lowest BCUT2D eigenvalue weighted by atomic mass is 9.78. The standard InChI is InChI=1S/C18H23F3N2O2/c1-12(24)23(2)11-13-6-5-7-14(10-13)22-17(25)15-8-3-4-9-16(15)18(19,20)21/h5-7,10,15-16H,3-4,8-9,11H2,1-2H3,(H,22,25)/t15-,16+/m0/s1. The highest BCUT2D eigenvalue weighted by molar-refractivity contribution is 5.93. The van der Waals surface area contributed by atoms with Gasteiger partial charge in [0.05, 0.1) is 5.92 Å². The molecule has 2 amide bonds. The Balaban J connectivity index is 2.08. The molecule has 0 spiro atoms. The van der Waals surface area contributed by atoms with Crippen LogP contribution < -0.4 is 5.32 Å². The average Bonchev–Trinajstić information content (AvgIpc) is 2.54. The van der Waals surface area contributed by atoms with E-state index in [0.29, 0.717) is 25.1 Å². The summed E-state index contributed by atoms with van der Waals surface area (Å²) in [5.74, 6) is -3.30. The molecule has 138 valence electrons. The molecule has 0 bridgehead atoms. The first kappa shape index (κ1) is 19.3. The minimum Gasteiger partial charge on any atom is -0.342 e. The molecule has 0 aliphatic heterocycles. The molecule has 0 unspecified atom stereocenters. The van der Waals surface area contributed by atoms with Gasteiger partial charge in [-0.15, -0.1) is 0 Å². The number of alkyl halides is 3. The zero-order valence-corrected chi connectivity index (χ0v) is 14.4. The van der Waals surface area contributed by atoms with Gasteiger partial charge in [0.1, 0.15) is 0 Å². The SMILES string of the molecule is CC(=O)N(C)Cc1cccc(NC(=O)[C@H]2CCCC[C@H]2C(F)(F)F)c1. The summed E-state index contributed by atoms with van der Waals surface area (Å²) in [5.41, 5.74) is 1.25. The Kier molecular flexibility index (Phi) is 6.08. The van der Waals surface area contributed by atoms with Gasteiger partial charge in [0.25, 0.3) is 0 Å². The molecular weight excluding hydrogens is 333 g/mol. The highest BCUT2D eigenvalue weighted by atomic mass is 19.4. The molecule has 1 N–H and O–H groups in total. The molecule has 7 heteroatoms. The summed E-state index contributed by atoms with van der Waals surface area (Å²) in [6, 6.07) is 6.83. The largest absolute Gasteiger partial charge is 0.392 e. The molecule has 1 aliphatic carbocycles. The summed E-state index contributed by atoms with van der Waals surface area (Å²) < 4.78 is 39.5. The van der Waals surface area contributed by atoms with E-state index in [0.717, 1.165) is 5.56 Å². The van der Waals surface area contributed by atoms with Crippen LogP contribution in [-0.4, -0.2) is 29.9 Å². The molecule has 2 atom stereocenters. The van der Waals surface area contributed by atoms with Gasteiger partial charge in [0, 0.05) is 32.1 Å². The van der Waals surface area contributed by atoms with Gasteiger partial charge in [-0.2, -0.15) is 13.2 Å². The highest BCUT2D eigenvalue weighted by Crippen LogP contribution is 2.41. The van der Waals surface area contributed by atoms with Gasteiger partial charge in [-0.25, -0.2) is 0 Å². The van der Waals surface area contributed by atoms with Crippen molar-refractivity contribution in [1.82, 2.24) is 4.90 Å². The Hall–Kier alpha value is -2.05. The fourth-order valence-electron chi connectivity index (χ4n) is 3.20. The lowest BCUT2D eigenvalue weighted by Crippen LogP contribution is -2.39. The maximum absolute atomic E-state index is 13.2. The molecule has 1 aromatic carbocycles. The third-order valence-corrected chi connectivity index (χ3v) is 4.67. The van der Waals surface area contributed by atoms with Gasteiger partial charge in [-0.1, -0.05) is 25.0 Å². The Morgan fingerprint density at radius 2 is 1.92 bits per heavy atom. The molecule has 0 radical (unpaired) electrons. The lowest BCUT2D eigenvalue weighted by Gasteiger charge is -2.32. The van der Waals surface area contributed by atoms with Crippen LogP contribution in [0.2, 0.25) is 0 Å². The zero-order chi connectivity index (χ0) is 18.6. The molecule has 0 heterocycles. The monoisotopic (exact) mass is 356 g/mol. The number of halogens is 3. The third kappa shape index (κ3) is 5.21. The predicted molar refractivity (Wildman–Crippen MR) is 88.7 cm³/mol. The molecule has 25 heavy (non-hydrogen) atoms. The minimum atomic E-state index is -4.35. The van der Waals surface area contributed by atoms with Crippen molar-refractivity contribution < 1.29 is 22.8 Å². The van der Waals surface area contributed by atoms with Gasteiger partial charge in [-0.3, -0.25) is 9.59 Å². The normalized spacial score (nSPS) is 20.8. The van der Waals surface area contributed by atoms with E-state index in [9.17, 15) is 22.8 Å². The maximum atomic E-state index is 13.2. The highest BCUT2D eigenvalue weighted by Gasteiger charge is 2.48. The number of nitrogens with one attached hydrogen (secondary N) is 1. The van der Waals surface area contributed by atoms with Gasteiger partial charge in [0.15, 0.2) is 0 Å². The van der Waals surface area contributed by atoms with Gasteiger partial charge < -0.3 is 10.2 Å². The molecule has 0 aromatic heterocycles. The number of benzene rings is 1. The molecule has 1 fully saturated rings. The van der Waals surface area contributed by atoms with Gasteiger partial charge in [0.2, 0.25) is 11.8 Å². The van der Waals surface area contributed by atoms with Gasteiger partial charge >= 0.3 is 6.18 Å². The van der Waals surface area contributed by atoms with Crippen LogP contribution in [0.15, 0.2) is 24.3 Å². The van der Waals surface area contributed by atoms with Crippen molar-refractivity contribution in [2.75, 3.05) is 12.4 Å². The van der Waals surface area contributed by atoms with E-state index in [1.807, 2.05) is 0 Å². The summed E-state index contributed by atoms with van der Waals surface area (Å²) in [6.07, 6.45) is -2.96. The second kappa shape index (κ2) is 7.89. The van der Waals surface area contributed by atoms with Crippen molar-refractivity contribution in [3.8, 4) is 0 Å². The second-order valence-electron chi connectivity index (χ2n) is 6.60. The maximum Gasteiger partial charge on any atom is 0.392 e. The van der Waals surface area contributed by atoms with Crippen molar-refractivity contribution in [2.24, 2.45) is 11.8 Å². The predicted octanol–water partition coefficient (Wildman–Crippen LogP) is 3.97. The minimum absolute atomic E-state index is 0.00499. The van der Waals surface area contributed by atoms with Crippen LogP contribution in [0.4, 0.5) is 18.9 Å². The Labute approximate surface area is 145 Å². The first-order valence-corrected chi connectivity index (χ1v) is 8.36. The third-order valence-electron chi connectivity index (χ3n) is 4.67. The Bertz CT molecular complexity index is 631. The summed E-state index contributed by atoms with van der Waals surface area (Å²) in [6.45, 7) is 1.82. The number of hydrogen-bond donors (Lipinski definition) is 1. The molecule has 2 rings (SSSR count). The fourth-order valence-corrected chi connectivity index (χ4v) is 3.20. The van der Waals surface area contributed by atoms with Crippen LogP contribution in [0.1, 0.15) is 38.2 Å². The van der Waals surface area contributed by atoms with E-state index in [4.69, 9.17) is 0 Å². The number of carbonyl (C=O) groups excluding carboxylic acids is 2. The number of nitrogens with zero attached hydrogens (tertiary/aromatic N) is 1. The molecule has 1 aromatic rings. The van der Waals surface area contributed by atoms with E-state index < -0.39 is 23.9 Å². The van der Waals surface area contributed by atoms with Crippen molar-refractivity contribution in [1.29, 1.82) is 0 Å². The van der Waals surface area contributed by atoms with E-state index in [2.05, 4.69) is 5.32 Å². The first-order valence-electron chi connectivity index (χ1n) is 8.36. The number of hydrogen-bond acceptors (Lipinski definition) is 2. The summed E-state index contributed by atoms with van der Waals surface area (Å²) in [4.78, 5) is 25.2. The van der Waals surface area contributed by atoms with Crippen molar-refractivity contribution >= 4 is 17.5 Å². The van der Waals surface area contributed by atoms with Crippen molar-refractivity contribution in [3.05, 3.63) is 29.8 Å². The van der Waals surface area contributed by atoms with E-state index in [1.54, 1.807) is 31.3 Å². The molecule has 0 saturated heterocycles. The average molecular weight is 356 g/mol. The number of anilines is 1. The summed E-state index contributed by atoms with van der Waals surface area (Å²) in [5, 5.41) is 2.61. The fraction of sp³-hybridized carbons (Fsp3) is 0.556. The molecular formula is C18H23F3N2O2.